The molecule has 1 aromatic rings. The van der Waals surface area contributed by atoms with E-state index < -0.39 is 20.5 Å². The lowest BCUT2D eigenvalue weighted by molar-refractivity contribution is 0.534. The number of sulfone groups is 1. The van der Waals surface area contributed by atoms with Crippen LogP contribution in [-0.4, -0.2) is 19.4 Å². The minimum atomic E-state index is -3.04. The molecule has 0 aromatic heterocycles. The van der Waals surface area contributed by atoms with Crippen molar-refractivity contribution in [3.63, 3.8) is 0 Å². The second kappa shape index (κ2) is 6.48. The van der Waals surface area contributed by atoms with Gasteiger partial charge in [-0.1, -0.05) is 38.5 Å². The second-order valence-corrected chi connectivity index (χ2v) is 8.35. The molecule has 2 rings (SSSR count). The molecule has 0 radical (unpaired) electrons. The highest BCUT2D eigenvalue weighted by Gasteiger charge is 2.35. The number of aryl methyl sites for hydroxylation is 2. The monoisotopic (exact) mass is 314 g/mol. The highest BCUT2D eigenvalue weighted by Crippen LogP contribution is 2.36. The summed E-state index contributed by atoms with van der Waals surface area (Å²) in [5.41, 5.74) is 3.56. The van der Waals surface area contributed by atoms with Crippen molar-refractivity contribution < 1.29 is 8.42 Å². The fraction of sp³-hybridized carbons (Fsp3) is 0.625. The van der Waals surface area contributed by atoms with Crippen molar-refractivity contribution in [2.75, 3.05) is 5.75 Å². The summed E-state index contributed by atoms with van der Waals surface area (Å²) in [5, 5.41) is -0.841. The Hall–Kier alpha value is -0.540. The third kappa shape index (κ3) is 3.20. The zero-order chi connectivity index (χ0) is 14.8. The first kappa shape index (κ1) is 15.8. The zero-order valence-electron chi connectivity index (χ0n) is 12.2. The lowest BCUT2D eigenvalue weighted by Gasteiger charge is -2.27. The summed E-state index contributed by atoms with van der Waals surface area (Å²) in [6.07, 6.45) is 4.38. The van der Waals surface area contributed by atoms with Gasteiger partial charge in [0.1, 0.15) is 0 Å². The quantitative estimate of drug-likeness (QED) is 0.785. The van der Waals surface area contributed by atoms with Crippen LogP contribution in [0.1, 0.15) is 55.2 Å². The van der Waals surface area contributed by atoms with E-state index in [2.05, 4.69) is 26.0 Å². The summed E-state index contributed by atoms with van der Waals surface area (Å²) in [4.78, 5) is 0. The molecule has 0 aliphatic carbocycles. The number of alkyl halides is 1. The van der Waals surface area contributed by atoms with Gasteiger partial charge in [0.15, 0.2) is 9.84 Å². The molecule has 2 unspecified atom stereocenters. The van der Waals surface area contributed by atoms with E-state index in [1.54, 1.807) is 0 Å². The van der Waals surface area contributed by atoms with Gasteiger partial charge in [-0.2, -0.15) is 0 Å². The molecule has 1 aromatic carbocycles. The van der Waals surface area contributed by atoms with E-state index in [-0.39, 0.29) is 5.75 Å². The molecule has 20 heavy (non-hydrogen) atoms. The van der Waals surface area contributed by atoms with Gasteiger partial charge in [0.05, 0.1) is 16.4 Å². The van der Waals surface area contributed by atoms with E-state index in [9.17, 15) is 8.42 Å². The average Bonchev–Trinajstić information content (AvgIpc) is 2.45. The Balaban J connectivity index is 2.31. The van der Waals surface area contributed by atoms with Crippen LogP contribution in [0.5, 0.6) is 0 Å². The van der Waals surface area contributed by atoms with Crippen LogP contribution in [0.4, 0.5) is 0 Å². The van der Waals surface area contributed by atoms with Gasteiger partial charge in [-0.3, -0.25) is 0 Å². The predicted molar refractivity (Wildman–Crippen MR) is 85.2 cm³/mol. The van der Waals surface area contributed by atoms with Gasteiger partial charge in [-0.25, -0.2) is 8.42 Å². The molecule has 2 atom stereocenters. The molecule has 4 heteroatoms. The first-order chi connectivity index (χ1) is 9.49. The van der Waals surface area contributed by atoms with Gasteiger partial charge in [0.2, 0.25) is 0 Å². The molecule has 0 spiro atoms. The summed E-state index contributed by atoms with van der Waals surface area (Å²) >= 11 is 6.51. The van der Waals surface area contributed by atoms with Gasteiger partial charge in [-0.15, -0.1) is 11.6 Å². The maximum atomic E-state index is 12.2. The van der Waals surface area contributed by atoms with Crippen LogP contribution >= 0.6 is 11.6 Å². The van der Waals surface area contributed by atoms with Crippen molar-refractivity contribution in [1.82, 2.24) is 0 Å². The standard InChI is InChI=1S/C16H23ClO2S/c1-3-12-8-9-14(11-13(12)4-2)16(17)15-7-5-6-10-20(15,18)19/h8-9,11,15-16H,3-7,10H2,1-2H3. The third-order valence-electron chi connectivity index (χ3n) is 4.27. The highest BCUT2D eigenvalue weighted by molar-refractivity contribution is 7.92. The van der Waals surface area contributed by atoms with Crippen molar-refractivity contribution in [3.05, 3.63) is 34.9 Å². The van der Waals surface area contributed by atoms with Crippen LogP contribution in [-0.2, 0) is 22.7 Å². The molecule has 1 aliphatic rings. The summed E-state index contributed by atoms with van der Waals surface area (Å²) in [6.45, 7) is 4.26. The van der Waals surface area contributed by atoms with Crippen molar-refractivity contribution in [2.45, 2.75) is 56.6 Å². The van der Waals surface area contributed by atoms with E-state index in [0.717, 1.165) is 31.2 Å². The number of halogens is 1. The van der Waals surface area contributed by atoms with Crippen molar-refractivity contribution in [2.24, 2.45) is 0 Å². The highest BCUT2D eigenvalue weighted by atomic mass is 35.5. The number of hydrogen-bond donors (Lipinski definition) is 0. The van der Waals surface area contributed by atoms with Gasteiger partial charge in [0.25, 0.3) is 0 Å². The van der Waals surface area contributed by atoms with Crippen LogP contribution in [0, 0.1) is 0 Å². The molecule has 1 aliphatic heterocycles. The third-order valence-corrected chi connectivity index (χ3v) is 7.26. The van der Waals surface area contributed by atoms with Crippen LogP contribution in [0.2, 0.25) is 0 Å². The molecule has 0 bridgehead atoms. The van der Waals surface area contributed by atoms with Gasteiger partial charge >= 0.3 is 0 Å². The van der Waals surface area contributed by atoms with Crippen molar-refractivity contribution >= 4 is 21.4 Å². The normalized spacial score (nSPS) is 23.4. The van der Waals surface area contributed by atoms with E-state index in [1.807, 2.05) is 6.07 Å². The lowest BCUT2D eigenvalue weighted by Crippen LogP contribution is -2.31. The van der Waals surface area contributed by atoms with E-state index in [0.29, 0.717) is 6.42 Å². The van der Waals surface area contributed by atoms with Gasteiger partial charge in [0, 0.05) is 0 Å². The number of benzene rings is 1. The first-order valence-electron chi connectivity index (χ1n) is 7.47. The Labute approximate surface area is 127 Å². The summed E-state index contributed by atoms with van der Waals surface area (Å²) < 4.78 is 24.4. The minimum Gasteiger partial charge on any atom is -0.228 e. The SMILES string of the molecule is CCc1ccc(C(Cl)C2CCCCS2(=O)=O)cc1CC. The Bertz CT molecular complexity index is 566. The molecule has 1 heterocycles. The molecule has 2 nitrogen and oxygen atoms in total. The topological polar surface area (TPSA) is 34.1 Å². The molecular weight excluding hydrogens is 292 g/mol. The maximum Gasteiger partial charge on any atom is 0.154 e. The minimum absolute atomic E-state index is 0.286. The smallest absolute Gasteiger partial charge is 0.154 e. The number of hydrogen-bond acceptors (Lipinski definition) is 2. The van der Waals surface area contributed by atoms with Crippen LogP contribution in [0.25, 0.3) is 0 Å². The summed E-state index contributed by atoms with van der Waals surface area (Å²) in [5.74, 6) is 0.286. The average molecular weight is 315 g/mol. The second-order valence-electron chi connectivity index (χ2n) is 5.54. The van der Waals surface area contributed by atoms with Crippen molar-refractivity contribution in [3.8, 4) is 0 Å². The maximum absolute atomic E-state index is 12.2. The van der Waals surface area contributed by atoms with Gasteiger partial charge in [-0.05, 0) is 42.4 Å². The first-order valence-corrected chi connectivity index (χ1v) is 9.62. The zero-order valence-corrected chi connectivity index (χ0v) is 13.8. The lowest BCUT2D eigenvalue weighted by atomic mass is 9.97. The Kier molecular flexibility index (Phi) is 5.14. The Morgan fingerprint density at radius 3 is 2.50 bits per heavy atom. The van der Waals surface area contributed by atoms with E-state index in [4.69, 9.17) is 11.6 Å². The Morgan fingerprint density at radius 1 is 1.20 bits per heavy atom. The van der Waals surface area contributed by atoms with E-state index >= 15 is 0 Å². The van der Waals surface area contributed by atoms with Crippen LogP contribution in [0.3, 0.4) is 0 Å². The molecule has 0 amide bonds. The Morgan fingerprint density at radius 2 is 1.90 bits per heavy atom. The van der Waals surface area contributed by atoms with Gasteiger partial charge < -0.3 is 0 Å². The molecule has 0 saturated carbocycles. The van der Waals surface area contributed by atoms with Crippen molar-refractivity contribution in [1.29, 1.82) is 0 Å². The number of rotatable bonds is 4. The van der Waals surface area contributed by atoms with Crippen LogP contribution in [0.15, 0.2) is 18.2 Å². The molecular formula is C16H23ClO2S. The largest absolute Gasteiger partial charge is 0.228 e. The summed E-state index contributed by atoms with van der Waals surface area (Å²) in [6, 6.07) is 6.19. The summed E-state index contributed by atoms with van der Waals surface area (Å²) in [7, 11) is -3.04. The molecule has 0 N–H and O–H groups in total. The molecule has 1 saturated heterocycles. The van der Waals surface area contributed by atoms with E-state index in [1.165, 1.54) is 11.1 Å². The molecule has 1 fully saturated rings. The predicted octanol–water partition coefficient (Wildman–Crippen LogP) is 4.06. The molecule has 112 valence electrons. The van der Waals surface area contributed by atoms with Crippen LogP contribution < -0.4 is 0 Å². The fourth-order valence-corrected chi connectivity index (χ4v) is 5.70. The fourth-order valence-electron chi connectivity index (χ4n) is 3.01.